The van der Waals surface area contributed by atoms with Crippen molar-refractivity contribution in [1.82, 2.24) is 9.80 Å². The maximum Gasteiger partial charge on any atom is 0.234 e. The fourth-order valence-electron chi connectivity index (χ4n) is 4.88. The van der Waals surface area contributed by atoms with Crippen LogP contribution in [-0.4, -0.2) is 74.4 Å². The molecular weight excluding hydrogens is 364 g/mol. The SMILES string of the molecule is COCCN(C)C[C@@H]1CN(C(=O)C2c3ccccc3-c3ccccc32)C[C@@H]1CO. The van der Waals surface area contributed by atoms with E-state index in [1.165, 1.54) is 0 Å². The van der Waals surface area contributed by atoms with Gasteiger partial charge in [-0.2, -0.15) is 0 Å². The molecule has 0 bridgehead atoms. The van der Waals surface area contributed by atoms with Gasteiger partial charge in [0, 0.05) is 45.8 Å². The maximum atomic E-state index is 13.6. The fraction of sp³-hybridized carbons (Fsp3) is 0.458. The number of benzene rings is 2. The number of aliphatic hydroxyl groups is 1. The minimum atomic E-state index is -0.244. The van der Waals surface area contributed by atoms with Crippen LogP contribution in [0.1, 0.15) is 17.0 Å². The summed E-state index contributed by atoms with van der Waals surface area (Å²) in [6.45, 7) is 3.83. The molecule has 1 N–H and O–H groups in total. The molecule has 5 heteroatoms. The lowest BCUT2D eigenvalue weighted by Gasteiger charge is -2.24. The lowest BCUT2D eigenvalue weighted by Crippen LogP contribution is -2.35. The van der Waals surface area contributed by atoms with E-state index in [0.717, 1.165) is 35.3 Å². The van der Waals surface area contributed by atoms with Gasteiger partial charge < -0.3 is 19.6 Å². The second-order valence-corrected chi connectivity index (χ2v) is 8.31. The number of fused-ring (bicyclic) bond motifs is 3. The topological polar surface area (TPSA) is 53.0 Å². The molecule has 154 valence electrons. The number of nitrogens with zero attached hydrogens (tertiary/aromatic N) is 2. The van der Waals surface area contributed by atoms with Crippen molar-refractivity contribution in [3.63, 3.8) is 0 Å². The number of likely N-dealkylation sites (tertiary alicyclic amines) is 1. The van der Waals surface area contributed by atoms with Gasteiger partial charge in [-0.3, -0.25) is 4.79 Å². The Kier molecular flexibility index (Phi) is 5.99. The number of rotatable bonds is 7. The molecular formula is C24H30N2O3. The van der Waals surface area contributed by atoms with E-state index in [-0.39, 0.29) is 30.3 Å². The van der Waals surface area contributed by atoms with E-state index < -0.39 is 0 Å². The summed E-state index contributed by atoms with van der Waals surface area (Å²) in [5.74, 6) is 0.308. The van der Waals surface area contributed by atoms with Crippen LogP contribution in [0.15, 0.2) is 48.5 Å². The van der Waals surface area contributed by atoms with Crippen LogP contribution in [-0.2, 0) is 9.53 Å². The third-order valence-electron chi connectivity index (χ3n) is 6.43. The molecule has 1 amide bonds. The molecule has 1 saturated heterocycles. The molecule has 0 spiro atoms. The molecule has 0 aromatic heterocycles. The summed E-state index contributed by atoms with van der Waals surface area (Å²) in [5, 5.41) is 9.92. The number of aliphatic hydroxyl groups excluding tert-OH is 1. The quantitative estimate of drug-likeness (QED) is 0.784. The molecule has 5 nitrogen and oxygen atoms in total. The first kappa shape index (κ1) is 20.1. The van der Waals surface area contributed by atoms with Crippen molar-refractivity contribution in [2.45, 2.75) is 5.92 Å². The molecule has 1 aliphatic carbocycles. The largest absolute Gasteiger partial charge is 0.396 e. The van der Waals surface area contributed by atoms with E-state index in [9.17, 15) is 9.90 Å². The average molecular weight is 395 g/mol. The second-order valence-electron chi connectivity index (χ2n) is 8.31. The van der Waals surface area contributed by atoms with Crippen molar-refractivity contribution in [3.05, 3.63) is 59.7 Å². The molecule has 2 aromatic rings. The molecule has 2 aromatic carbocycles. The minimum absolute atomic E-state index is 0.115. The van der Waals surface area contributed by atoms with Gasteiger partial charge in [-0.05, 0) is 35.2 Å². The summed E-state index contributed by atoms with van der Waals surface area (Å²) in [5.41, 5.74) is 4.52. The highest BCUT2D eigenvalue weighted by molar-refractivity contribution is 5.96. The number of carbonyl (C=O) groups is 1. The van der Waals surface area contributed by atoms with E-state index in [0.29, 0.717) is 19.7 Å². The zero-order valence-electron chi connectivity index (χ0n) is 17.3. The van der Waals surface area contributed by atoms with Gasteiger partial charge in [0.05, 0.1) is 12.5 Å². The summed E-state index contributed by atoms with van der Waals surface area (Å²) in [6.07, 6.45) is 0. The van der Waals surface area contributed by atoms with Crippen molar-refractivity contribution < 1.29 is 14.6 Å². The van der Waals surface area contributed by atoms with Crippen LogP contribution in [0.2, 0.25) is 0 Å². The Morgan fingerprint density at radius 1 is 1.07 bits per heavy atom. The highest BCUT2D eigenvalue weighted by Gasteiger charge is 2.41. The van der Waals surface area contributed by atoms with Gasteiger partial charge in [-0.25, -0.2) is 0 Å². The third kappa shape index (κ3) is 3.82. The van der Waals surface area contributed by atoms with E-state index >= 15 is 0 Å². The van der Waals surface area contributed by atoms with E-state index in [4.69, 9.17) is 4.74 Å². The van der Waals surface area contributed by atoms with Crippen LogP contribution in [0.4, 0.5) is 0 Å². The Labute approximate surface area is 172 Å². The minimum Gasteiger partial charge on any atom is -0.396 e. The van der Waals surface area contributed by atoms with E-state index in [2.05, 4.69) is 36.2 Å². The number of carbonyl (C=O) groups excluding carboxylic acids is 1. The van der Waals surface area contributed by atoms with Crippen LogP contribution in [0.3, 0.4) is 0 Å². The Balaban J connectivity index is 1.54. The van der Waals surface area contributed by atoms with Crippen LogP contribution >= 0.6 is 0 Å². The Bertz CT molecular complexity index is 823. The van der Waals surface area contributed by atoms with Crippen LogP contribution in [0.5, 0.6) is 0 Å². The Hall–Kier alpha value is -2.21. The zero-order valence-corrected chi connectivity index (χ0v) is 17.3. The molecule has 2 atom stereocenters. The predicted octanol–water partition coefficient (Wildman–Crippen LogP) is 2.44. The fourth-order valence-corrected chi connectivity index (χ4v) is 4.88. The zero-order chi connectivity index (χ0) is 20.4. The Morgan fingerprint density at radius 3 is 2.24 bits per heavy atom. The summed E-state index contributed by atoms with van der Waals surface area (Å²) >= 11 is 0. The smallest absolute Gasteiger partial charge is 0.234 e. The van der Waals surface area contributed by atoms with Gasteiger partial charge in [-0.15, -0.1) is 0 Å². The first-order valence-corrected chi connectivity index (χ1v) is 10.4. The lowest BCUT2D eigenvalue weighted by atomic mass is 9.95. The summed E-state index contributed by atoms with van der Waals surface area (Å²) in [7, 11) is 3.78. The van der Waals surface area contributed by atoms with Gasteiger partial charge in [0.1, 0.15) is 0 Å². The van der Waals surface area contributed by atoms with Crippen molar-refractivity contribution in [3.8, 4) is 11.1 Å². The highest BCUT2D eigenvalue weighted by atomic mass is 16.5. The summed E-state index contributed by atoms with van der Waals surface area (Å²) < 4.78 is 5.17. The standard InChI is InChI=1S/C24H30N2O3/c1-25(11-12-29-2)13-17-14-26(15-18(17)16-27)24(28)23-21-9-5-3-7-19(21)20-8-4-6-10-22(20)23/h3-10,17-18,23,27H,11-16H2,1-2H3/t17-,18-/m1/s1. The predicted molar refractivity (Wildman–Crippen MR) is 114 cm³/mol. The molecule has 2 aliphatic rings. The molecule has 1 fully saturated rings. The molecule has 0 saturated carbocycles. The Morgan fingerprint density at radius 2 is 1.66 bits per heavy atom. The normalized spacial score (nSPS) is 20.9. The lowest BCUT2D eigenvalue weighted by molar-refractivity contribution is -0.131. The van der Waals surface area contributed by atoms with Gasteiger partial charge in [0.25, 0.3) is 0 Å². The second kappa shape index (κ2) is 8.66. The number of amides is 1. The molecule has 0 radical (unpaired) electrons. The van der Waals surface area contributed by atoms with E-state index in [1.54, 1.807) is 7.11 Å². The third-order valence-corrected chi connectivity index (χ3v) is 6.43. The van der Waals surface area contributed by atoms with Crippen molar-refractivity contribution in [2.24, 2.45) is 11.8 Å². The first-order chi connectivity index (χ1) is 14.1. The van der Waals surface area contributed by atoms with Crippen LogP contribution in [0, 0.1) is 11.8 Å². The molecule has 4 rings (SSSR count). The first-order valence-electron chi connectivity index (χ1n) is 10.4. The molecule has 29 heavy (non-hydrogen) atoms. The van der Waals surface area contributed by atoms with Gasteiger partial charge >= 0.3 is 0 Å². The summed E-state index contributed by atoms with van der Waals surface area (Å²) in [6, 6.07) is 16.5. The number of hydrogen-bond acceptors (Lipinski definition) is 4. The van der Waals surface area contributed by atoms with Crippen molar-refractivity contribution in [2.75, 3.05) is 53.6 Å². The van der Waals surface area contributed by atoms with Gasteiger partial charge in [0.15, 0.2) is 0 Å². The van der Waals surface area contributed by atoms with Gasteiger partial charge in [0.2, 0.25) is 5.91 Å². The molecule has 1 heterocycles. The number of methoxy groups -OCH3 is 1. The van der Waals surface area contributed by atoms with Crippen LogP contribution in [0.25, 0.3) is 11.1 Å². The monoisotopic (exact) mass is 394 g/mol. The number of ether oxygens (including phenoxy) is 1. The van der Waals surface area contributed by atoms with Crippen molar-refractivity contribution >= 4 is 5.91 Å². The van der Waals surface area contributed by atoms with Crippen LogP contribution < -0.4 is 0 Å². The number of hydrogen-bond donors (Lipinski definition) is 1. The summed E-state index contributed by atoms with van der Waals surface area (Å²) in [4.78, 5) is 17.8. The van der Waals surface area contributed by atoms with Crippen molar-refractivity contribution in [1.29, 1.82) is 0 Å². The maximum absolute atomic E-state index is 13.6. The average Bonchev–Trinajstić information content (AvgIpc) is 3.30. The molecule has 0 unspecified atom stereocenters. The number of likely N-dealkylation sites (N-methyl/N-ethyl adjacent to an activating group) is 1. The van der Waals surface area contributed by atoms with Gasteiger partial charge in [-0.1, -0.05) is 48.5 Å². The van der Waals surface area contributed by atoms with E-state index in [1.807, 2.05) is 29.2 Å². The highest BCUT2D eigenvalue weighted by Crippen LogP contribution is 2.45. The molecule has 1 aliphatic heterocycles.